The third kappa shape index (κ3) is 4.27. The number of aryl methyl sites for hydroxylation is 1. The van der Waals surface area contributed by atoms with Gasteiger partial charge in [-0.15, -0.1) is 10.2 Å². The molecule has 1 atom stereocenters. The lowest BCUT2D eigenvalue weighted by Crippen LogP contribution is -2.32. The summed E-state index contributed by atoms with van der Waals surface area (Å²) in [4.78, 5) is 11.9. The van der Waals surface area contributed by atoms with Crippen molar-refractivity contribution in [3.63, 3.8) is 0 Å². The lowest BCUT2D eigenvalue weighted by Gasteiger charge is -2.11. The third-order valence-electron chi connectivity index (χ3n) is 3.32. The summed E-state index contributed by atoms with van der Waals surface area (Å²) < 4.78 is 1.06. The molecule has 0 spiro atoms. The third-order valence-corrected chi connectivity index (χ3v) is 4.21. The van der Waals surface area contributed by atoms with Gasteiger partial charge in [0, 0.05) is 16.2 Å². The second-order valence-electron chi connectivity index (χ2n) is 5.18. The Morgan fingerprint density at radius 3 is 2.64 bits per heavy atom. The van der Waals surface area contributed by atoms with Crippen LogP contribution < -0.4 is 10.6 Å². The van der Waals surface area contributed by atoms with E-state index in [1.807, 2.05) is 39.0 Å². The lowest BCUT2D eigenvalue weighted by atomic mass is 10.2. The van der Waals surface area contributed by atoms with Crippen LogP contribution in [0.25, 0.3) is 0 Å². The molecule has 6 heteroatoms. The van der Waals surface area contributed by atoms with Crippen molar-refractivity contribution >= 4 is 33.3 Å². The summed E-state index contributed by atoms with van der Waals surface area (Å²) >= 11 is 3.47. The van der Waals surface area contributed by atoms with Crippen LogP contribution in [-0.2, 0) is 0 Å². The molecule has 0 aliphatic rings. The van der Waals surface area contributed by atoms with Gasteiger partial charge in [-0.25, -0.2) is 0 Å². The molecule has 1 unspecified atom stereocenters. The van der Waals surface area contributed by atoms with Crippen molar-refractivity contribution in [1.29, 1.82) is 0 Å². The van der Waals surface area contributed by atoms with Crippen molar-refractivity contribution in [2.75, 3.05) is 5.32 Å². The first-order valence-electron chi connectivity index (χ1n) is 7.17. The van der Waals surface area contributed by atoms with Crippen LogP contribution in [-0.4, -0.2) is 22.1 Å². The molecule has 1 aromatic carbocycles. The number of amides is 1. The van der Waals surface area contributed by atoms with Crippen LogP contribution in [0.3, 0.4) is 0 Å². The summed E-state index contributed by atoms with van der Waals surface area (Å²) in [7, 11) is 0. The minimum absolute atomic E-state index is 0.123. The maximum Gasteiger partial charge on any atom is 0.272 e. The van der Waals surface area contributed by atoms with Crippen LogP contribution in [0.1, 0.15) is 36.3 Å². The smallest absolute Gasteiger partial charge is 0.272 e. The van der Waals surface area contributed by atoms with Gasteiger partial charge in [0.25, 0.3) is 5.91 Å². The molecule has 5 nitrogen and oxygen atoms in total. The highest BCUT2D eigenvalue weighted by Crippen LogP contribution is 2.22. The van der Waals surface area contributed by atoms with Crippen molar-refractivity contribution in [1.82, 2.24) is 15.5 Å². The number of aromatic nitrogens is 2. The number of rotatable bonds is 5. The molecule has 2 N–H and O–H groups in total. The number of halogens is 1. The van der Waals surface area contributed by atoms with Crippen molar-refractivity contribution in [2.45, 2.75) is 33.2 Å². The van der Waals surface area contributed by atoms with Gasteiger partial charge in [0.05, 0.1) is 0 Å². The Kier molecular flexibility index (Phi) is 5.49. The maximum absolute atomic E-state index is 11.9. The Morgan fingerprint density at radius 1 is 1.27 bits per heavy atom. The average Bonchev–Trinajstić information content (AvgIpc) is 2.51. The monoisotopic (exact) mass is 362 g/mol. The number of anilines is 2. The topological polar surface area (TPSA) is 66.9 Å². The second-order valence-corrected chi connectivity index (χ2v) is 6.03. The number of nitrogens with one attached hydrogen (secondary N) is 2. The Bertz CT molecular complexity index is 658. The lowest BCUT2D eigenvalue weighted by molar-refractivity contribution is 0.0933. The van der Waals surface area contributed by atoms with E-state index in [0.717, 1.165) is 22.1 Å². The molecule has 1 amide bonds. The molecular weight excluding hydrogens is 344 g/mol. The number of benzene rings is 1. The standard InChI is InChI=1S/C16H19BrN4O/c1-4-11(3)18-16(22)14-7-8-15(21-20-14)19-12-5-6-13(17)10(2)9-12/h5-9,11H,4H2,1-3H3,(H,18,22)(H,19,21). The summed E-state index contributed by atoms with van der Waals surface area (Å²) in [6, 6.07) is 9.46. The minimum Gasteiger partial charge on any atom is -0.348 e. The number of nitrogens with zero attached hydrogens (tertiary/aromatic N) is 2. The molecule has 2 rings (SSSR count). The highest BCUT2D eigenvalue weighted by Gasteiger charge is 2.10. The van der Waals surface area contributed by atoms with Gasteiger partial charge in [-0.1, -0.05) is 22.9 Å². The average molecular weight is 363 g/mol. The van der Waals surface area contributed by atoms with Gasteiger partial charge in [0.1, 0.15) is 0 Å². The number of carbonyl (C=O) groups is 1. The Morgan fingerprint density at radius 2 is 2.05 bits per heavy atom. The first-order chi connectivity index (χ1) is 10.5. The molecule has 0 aliphatic carbocycles. The van der Waals surface area contributed by atoms with E-state index in [-0.39, 0.29) is 11.9 Å². The van der Waals surface area contributed by atoms with Crippen LogP contribution in [0.2, 0.25) is 0 Å². The van der Waals surface area contributed by atoms with Crippen LogP contribution in [0.5, 0.6) is 0 Å². The summed E-state index contributed by atoms with van der Waals surface area (Å²) in [5, 5.41) is 14.0. The second kappa shape index (κ2) is 7.35. The first-order valence-corrected chi connectivity index (χ1v) is 7.96. The van der Waals surface area contributed by atoms with E-state index in [1.54, 1.807) is 12.1 Å². The number of hydrogen-bond acceptors (Lipinski definition) is 4. The van der Waals surface area contributed by atoms with Gasteiger partial charge in [-0.2, -0.15) is 0 Å². The predicted molar refractivity (Wildman–Crippen MR) is 91.4 cm³/mol. The molecule has 0 saturated carbocycles. The Labute approximate surface area is 138 Å². The van der Waals surface area contributed by atoms with E-state index < -0.39 is 0 Å². The van der Waals surface area contributed by atoms with E-state index in [1.165, 1.54) is 0 Å². The van der Waals surface area contributed by atoms with E-state index in [9.17, 15) is 4.79 Å². The molecule has 0 fully saturated rings. The zero-order chi connectivity index (χ0) is 16.1. The van der Waals surface area contributed by atoms with Gasteiger partial charge in [-0.3, -0.25) is 4.79 Å². The molecule has 1 aromatic heterocycles. The zero-order valence-corrected chi connectivity index (χ0v) is 14.4. The Hall–Kier alpha value is -1.95. The highest BCUT2D eigenvalue weighted by molar-refractivity contribution is 9.10. The summed E-state index contributed by atoms with van der Waals surface area (Å²) in [5.74, 6) is 0.398. The zero-order valence-electron chi connectivity index (χ0n) is 12.9. The molecule has 116 valence electrons. The van der Waals surface area contributed by atoms with Gasteiger partial charge in [-0.05, 0) is 56.2 Å². The van der Waals surface area contributed by atoms with Crippen LogP contribution >= 0.6 is 15.9 Å². The molecule has 0 aliphatic heterocycles. The van der Waals surface area contributed by atoms with Gasteiger partial charge in [0.2, 0.25) is 0 Å². The highest BCUT2D eigenvalue weighted by atomic mass is 79.9. The van der Waals surface area contributed by atoms with E-state index in [0.29, 0.717) is 11.5 Å². The number of carbonyl (C=O) groups excluding carboxylic acids is 1. The molecule has 0 saturated heterocycles. The van der Waals surface area contributed by atoms with Gasteiger partial charge < -0.3 is 10.6 Å². The first kappa shape index (κ1) is 16.4. The predicted octanol–water partition coefficient (Wildman–Crippen LogP) is 3.82. The molecule has 2 aromatic rings. The quantitative estimate of drug-likeness (QED) is 0.848. The molecular formula is C16H19BrN4O. The number of hydrogen-bond donors (Lipinski definition) is 2. The van der Waals surface area contributed by atoms with E-state index in [2.05, 4.69) is 36.8 Å². The normalized spacial score (nSPS) is 11.8. The molecule has 0 radical (unpaired) electrons. The fourth-order valence-corrected chi connectivity index (χ4v) is 2.04. The molecule has 1 heterocycles. The van der Waals surface area contributed by atoms with Crippen molar-refractivity contribution in [3.05, 3.63) is 46.1 Å². The maximum atomic E-state index is 11.9. The minimum atomic E-state index is -0.201. The van der Waals surface area contributed by atoms with E-state index >= 15 is 0 Å². The van der Waals surface area contributed by atoms with Gasteiger partial charge >= 0.3 is 0 Å². The SMILES string of the molecule is CCC(C)NC(=O)c1ccc(Nc2ccc(Br)c(C)c2)nn1. The van der Waals surface area contributed by atoms with Crippen molar-refractivity contribution in [3.8, 4) is 0 Å². The summed E-state index contributed by atoms with van der Waals surface area (Å²) in [6.45, 7) is 5.99. The Balaban J connectivity index is 2.05. The fraction of sp³-hybridized carbons (Fsp3) is 0.312. The van der Waals surface area contributed by atoms with Gasteiger partial charge in [0.15, 0.2) is 11.5 Å². The van der Waals surface area contributed by atoms with Crippen LogP contribution in [0.15, 0.2) is 34.8 Å². The largest absolute Gasteiger partial charge is 0.348 e. The fourth-order valence-electron chi connectivity index (χ4n) is 1.79. The van der Waals surface area contributed by atoms with Crippen molar-refractivity contribution < 1.29 is 4.79 Å². The summed E-state index contributed by atoms with van der Waals surface area (Å²) in [5.41, 5.74) is 2.37. The summed E-state index contributed by atoms with van der Waals surface area (Å²) in [6.07, 6.45) is 0.877. The molecule has 22 heavy (non-hydrogen) atoms. The van der Waals surface area contributed by atoms with Crippen LogP contribution in [0, 0.1) is 6.92 Å². The van der Waals surface area contributed by atoms with Crippen molar-refractivity contribution in [2.24, 2.45) is 0 Å². The molecule has 0 bridgehead atoms. The van der Waals surface area contributed by atoms with Crippen LogP contribution in [0.4, 0.5) is 11.5 Å². The van der Waals surface area contributed by atoms with E-state index in [4.69, 9.17) is 0 Å².